The maximum absolute atomic E-state index is 5.69. The molecule has 0 spiro atoms. The molecule has 1 atom stereocenters. The molecule has 2 nitrogen and oxygen atoms in total. The summed E-state index contributed by atoms with van der Waals surface area (Å²) in [7, 11) is 3.53. The van der Waals surface area contributed by atoms with Crippen molar-refractivity contribution in [1.29, 1.82) is 0 Å². The van der Waals surface area contributed by atoms with Gasteiger partial charge in [-0.25, -0.2) is 0 Å². The van der Waals surface area contributed by atoms with Gasteiger partial charge in [0.1, 0.15) is 0 Å². The van der Waals surface area contributed by atoms with Crippen LogP contribution in [-0.2, 0) is 9.47 Å². The molecule has 19 heavy (non-hydrogen) atoms. The van der Waals surface area contributed by atoms with Crippen molar-refractivity contribution in [3.05, 3.63) is 0 Å². The quantitative estimate of drug-likeness (QED) is 0.290. The average molecular weight is 291 g/mol. The monoisotopic (exact) mass is 290 g/mol. The predicted molar refractivity (Wildman–Crippen MR) is 87.0 cm³/mol. The van der Waals surface area contributed by atoms with Crippen molar-refractivity contribution in [2.45, 2.75) is 77.4 Å². The topological polar surface area (TPSA) is 18.5 Å². The van der Waals surface area contributed by atoms with Crippen molar-refractivity contribution >= 4 is 12.6 Å². The summed E-state index contributed by atoms with van der Waals surface area (Å²) in [5, 5.41) is 0. The first-order chi connectivity index (χ1) is 9.16. The van der Waals surface area contributed by atoms with Gasteiger partial charge in [-0.2, -0.15) is 12.6 Å². The molecule has 0 aliphatic heterocycles. The van der Waals surface area contributed by atoms with Crippen LogP contribution in [0.15, 0.2) is 0 Å². The van der Waals surface area contributed by atoms with Crippen LogP contribution >= 0.6 is 12.6 Å². The van der Waals surface area contributed by atoms with Crippen LogP contribution in [0.2, 0.25) is 0 Å². The van der Waals surface area contributed by atoms with E-state index < -0.39 is 5.79 Å². The zero-order valence-corrected chi connectivity index (χ0v) is 14.3. The van der Waals surface area contributed by atoms with Crippen LogP contribution in [0, 0.1) is 5.92 Å². The van der Waals surface area contributed by atoms with Crippen LogP contribution < -0.4 is 0 Å². The summed E-state index contributed by atoms with van der Waals surface area (Å²) >= 11 is 4.29. The number of methoxy groups -OCH3 is 2. The molecule has 0 aliphatic carbocycles. The van der Waals surface area contributed by atoms with Crippen LogP contribution in [0.3, 0.4) is 0 Å². The Morgan fingerprint density at radius 1 is 0.947 bits per heavy atom. The SMILES string of the molecule is CCCCCCCCC(C)C(CCCS)(OC)OC. The zero-order chi connectivity index (χ0) is 14.6. The normalized spacial score (nSPS) is 13.7. The van der Waals surface area contributed by atoms with E-state index in [1.807, 2.05) is 0 Å². The average Bonchev–Trinajstić information content (AvgIpc) is 2.44. The molecule has 0 radical (unpaired) electrons. The Bertz CT molecular complexity index is 193. The van der Waals surface area contributed by atoms with Gasteiger partial charge >= 0.3 is 0 Å². The number of unbranched alkanes of at least 4 members (excludes halogenated alkanes) is 5. The summed E-state index contributed by atoms with van der Waals surface area (Å²) in [6, 6.07) is 0. The van der Waals surface area contributed by atoms with Crippen molar-refractivity contribution in [3.8, 4) is 0 Å². The summed E-state index contributed by atoms with van der Waals surface area (Å²) in [5.74, 6) is 0.915. The second kappa shape index (κ2) is 12.0. The summed E-state index contributed by atoms with van der Waals surface area (Å²) < 4.78 is 11.4. The Hall–Kier alpha value is 0.270. The van der Waals surface area contributed by atoms with Crippen molar-refractivity contribution < 1.29 is 9.47 Å². The van der Waals surface area contributed by atoms with E-state index in [1.54, 1.807) is 14.2 Å². The number of hydrogen-bond donors (Lipinski definition) is 1. The van der Waals surface area contributed by atoms with E-state index in [2.05, 4.69) is 26.5 Å². The minimum atomic E-state index is -0.411. The van der Waals surface area contributed by atoms with Crippen LogP contribution in [-0.4, -0.2) is 25.8 Å². The van der Waals surface area contributed by atoms with Gasteiger partial charge in [0.05, 0.1) is 0 Å². The molecule has 0 heterocycles. The zero-order valence-electron chi connectivity index (χ0n) is 13.4. The lowest BCUT2D eigenvalue weighted by molar-refractivity contribution is -0.242. The molecular formula is C16H34O2S. The molecule has 0 aliphatic rings. The Morgan fingerprint density at radius 3 is 2.05 bits per heavy atom. The highest BCUT2D eigenvalue weighted by Gasteiger charge is 2.35. The highest BCUT2D eigenvalue weighted by molar-refractivity contribution is 7.80. The largest absolute Gasteiger partial charge is 0.353 e. The number of hydrogen-bond acceptors (Lipinski definition) is 3. The van der Waals surface area contributed by atoms with Crippen LogP contribution in [0.1, 0.15) is 71.6 Å². The second-order valence-corrected chi connectivity index (χ2v) is 5.95. The molecule has 0 N–H and O–H groups in total. The van der Waals surface area contributed by atoms with Crippen LogP contribution in [0.4, 0.5) is 0 Å². The van der Waals surface area contributed by atoms with Gasteiger partial charge in [0.15, 0.2) is 5.79 Å². The van der Waals surface area contributed by atoms with E-state index in [0.29, 0.717) is 5.92 Å². The molecule has 0 bridgehead atoms. The van der Waals surface area contributed by atoms with Crippen molar-refractivity contribution in [2.24, 2.45) is 5.92 Å². The fourth-order valence-electron chi connectivity index (χ4n) is 2.71. The Labute approximate surface area is 126 Å². The molecule has 0 aromatic rings. The fourth-order valence-corrected chi connectivity index (χ4v) is 2.87. The van der Waals surface area contributed by atoms with E-state index in [-0.39, 0.29) is 0 Å². The van der Waals surface area contributed by atoms with Crippen LogP contribution in [0.5, 0.6) is 0 Å². The van der Waals surface area contributed by atoms with Gasteiger partial charge in [0.2, 0.25) is 0 Å². The van der Waals surface area contributed by atoms with E-state index in [9.17, 15) is 0 Å². The first-order valence-corrected chi connectivity index (χ1v) is 8.51. The molecule has 0 aromatic carbocycles. The Kier molecular flexibility index (Phi) is 12.2. The first kappa shape index (κ1) is 19.3. The molecule has 0 saturated heterocycles. The number of ether oxygens (including phenoxy) is 2. The van der Waals surface area contributed by atoms with Gasteiger partial charge in [-0.3, -0.25) is 0 Å². The maximum atomic E-state index is 5.69. The van der Waals surface area contributed by atoms with Gasteiger partial charge in [-0.15, -0.1) is 0 Å². The van der Waals surface area contributed by atoms with Gasteiger partial charge in [0.25, 0.3) is 0 Å². The van der Waals surface area contributed by atoms with E-state index >= 15 is 0 Å². The molecule has 0 fully saturated rings. The molecule has 3 heteroatoms. The second-order valence-electron chi connectivity index (χ2n) is 5.50. The summed E-state index contributed by atoms with van der Waals surface area (Å²) in [6.07, 6.45) is 11.2. The predicted octanol–water partition coefficient (Wildman–Crippen LogP) is 5.07. The molecule has 0 aromatic heterocycles. The minimum absolute atomic E-state index is 0.411. The molecule has 0 amide bonds. The lowest BCUT2D eigenvalue weighted by Crippen LogP contribution is -2.41. The highest BCUT2D eigenvalue weighted by atomic mass is 32.1. The van der Waals surface area contributed by atoms with Crippen molar-refractivity contribution in [3.63, 3.8) is 0 Å². The Morgan fingerprint density at radius 2 is 1.53 bits per heavy atom. The van der Waals surface area contributed by atoms with Gasteiger partial charge in [-0.1, -0.05) is 52.4 Å². The first-order valence-electron chi connectivity index (χ1n) is 7.88. The summed E-state index contributed by atoms with van der Waals surface area (Å²) in [6.45, 7) is 4.51. The van der Waals surface area contributed by atoms with Gasteiger partial charge in [-0.05, 0) is 18.6 Å². The summed E-state index contributed by atoms with van der Waals surface area (Å²) in [5.41, 5.74) is 0. The van der Waals surface area contributed by atoms with E-state index in [1.165, 1.54) is 44.9 Å². The smallest absolute Gasteiger partial charge is 0.170 e. The lowest BCUT2D eigenvalue weighted by atomic mass is 9.90. The molecule has 116 valence electrons. The molecule has 0 saturated carbocycles. The molecule has 0 rings (SSSR count). The van der Waals surface area contributed by atoms with Gasteiger partial charge in [0, 0.05) is 26.6 Å². The third-order valence-electron chi connectivity index (χ3n) is 4.12. The lowest BCUT2D eigenvalue weighted by Gasteiger charge is -2.36. The maximum Gasteiger partial charge on any atom is 0.170 e. The van der Waals surface area contributed by atoms with Crippen LogP contribution in [0.25, 0.3) is 0 Å². The fraction of sp³-hybridized carbons (Fsp3) is 1.00. The summed E-state index contributed by atoms with van der Waals surface area (Å²) in [4.78, 5) is 0. The minimum Gasteiger partial charge on any atom is -0.353 e. The molecular weight excluding hydrogens is 256 g/mol. The number of rotatable bonds is 13. The van der Waals surface area contributed by atoms with Crippen molar-refractivity contribution in [1.82, 2.24) is 0 Å². The highest BCUT2D eigenvalue weighted by Crippen LogP contribution is 2.31. The standard InChI is InChI=1S/C16H34O2S/c1-5-6-7-8-9-10-12-15(2)16(17-3,18-4)13-11-14-19/h15,19H,5-14H2,1-4H3. The number of thiol groups is 1. The van der Waals surface area contributed by atoms with E-state index in [4.69, 9.17) is 9.47 Å². The molecule has 1 unspecified atom stereocenters. The van der Waals surface area contributed by atoms with Gasteiger partial charge < -0.3 is 9.47 Å². The third-order valence-corrected chi connectivity index (χ3v) is 4.43. The Balaban J connectivity index is 4.00. The van der Waals surface area contributed by atoms with Crippen molar-refractivity contribution in [2.75, 3.05) is 20.0 Å². The third kappa shape index (κ3) is 7.57. The van der Waals surface area contributed by atoms with E-state index in [0.717, 1.165) is 18.6 Å².